The molecule has 32 heavy (non-hydrogen) atoms. The molecule has 0 bridgehead atoms. The van der Waals surface area contributed by atoms with Gasteiger partial charge in [0.2, 0.25) is 5.91 Å². The monoisotopic (exact) mass is 484 g/mol. The summed E-state index contributed by atoms with van der Waals surface area (Å²) in [7, 11) is -2.99. The third-order valence-corrected chi connectivity index (χ3v) is 8.76. The molecule has 2 heterocycles. The second kappa shape index (κ2) is 8.87. The molecule has 1 saturated carbocycles. The first-order valence-electron chi connectivity index (χ1n) is 10.1. The summed E-state index contributed by atoms with van der Waals surface area (Å²) in [4.78, 5) is 27.3. The summed E-state index contributed by atoms with van der Waals surface area (Å²) in [5.74, 6) is -2.41. The molecule has 0 radical (unpaired) electrons. The Hall–Kier alpha value is -2.37. The molecule has 172 valence electrons. The minimum atomic E-state index is -4.16. The van der Waals surface area contributed by atoms with Crippen LogP contribution in [-0.2, 0) is 39.1 Å². The molecule has 0 atom stereocenters. The van der Waals surface area contributed by atoms with Crippen molar-refractivity contribution in [3.05, 3.63) is 51.4 Å². The average Bonchev–Trinajstić information content (AvgIpc) is 3.49. The van der Waals surface area contributed by atoms with Crippen LogP contribution in [0.15, 0.2) is 22.4 Å². The predicted octanol–water partition coefficient (Wildman–Crippen LogP) is 2.98. The number of benzene rings is 1. The number of halogens is 2. The molecule has 2 aliphatic rings. The zero-order valence-electron chi connectivity index (χ0n) is 17.3. The molecule has 1 aromatic heterocycles. The van der Waals surface area contributed by atoms with Gasteiger partial charge < -0.3 is 9.64 Å². The number of nitrogens with one attached hydrogen (secondary N) is 1. The van der Waals surface area contributed by atoms with Gasteiger partial charge in [0, 0.05) is 24.4 Å². The van der Waals surface area contributed by atoms with Gasteiger partial charge in [0.1, 0.15) is 4.21 Å². The number of hydrogen-bond donors (Lipinski definition) is 1. The molecule has 1 fully saturated rings. The van der Waals surface area contributed by atoms with E-state index in [0.29, 0.717) is 35.7 Å². The summed E-state index contributed by atoms with van der Waals surface area (Å²) in [6.07, 6.45) is 2.96. The zero-order chi connectivity index (χ0) is 23.0. The SMILES string of the molecule is COC(=O)c1c(S(=O)(=O)NCc2ccc(F)c(F)c2)sc2c1CCN(C(=O)CC1CC1)C2. The smallest absolute Gasteiger partial charge is 0.340 e. The van der Waals surface area contributed by atoms with Gasteiger partial charge >= 0.3 is 5.97 Å². The van der Waals surface area contributed by atoms with Crippen LogP contribution in [0.25, 0.3) is 0 Å². The van der Waals surface area contributed by atoms with Gasteiger partial charge in [-0.05, 0) is 48.4 Å². The van der Waals surface area contributed by atoms with Crippen LogP contribution in [-0.4, -0.2) is 38.8 Å². The third kappa shape index (κ3) is 4.69. The molecule has 0 spiro atoms. The molecule has 1 aromatic carbocycles. The molecule has 1 N–H and O–H groups in total. The molecular formula is C21H22F2N2O5S2. The number of thiophene rings is 1. The van der Waals surface area contributed by atoms with Crippen molar-refractivity contribution in [1.29, 1.82) is 0 Å². The lowest BCUT2D eigenvalue weighted by Crippen LogP contribution is -2.35. The van der Waals surface area contributed by atoms with Gasteiger partial charge in [-0.2, -0.15) is 0 Å². The van der Waals surface area contributed by atoms with Crippen molar-refractivity contribution >= 4 is 33.2 Å². The van der Waals surface area contributed by atoms with E-state index in [1.807, 2.05) is 0 Å². The topological polar surface area (TPSA) is 92.8 Å². The Labute approximate surface area is 188 Å². The molecule has 7 nitrogen and oxygen atoms in total. The highest BCUT2D eigenvalue weighted by molar-refractivity contribution is 7.91. The van der Waals surface area contributed by atoms with Crippen molar-refractivity contribution in [3.8, 4) is 0 Å². The standard InChI is InChI=1S/C21H22F2N2O5S2/c1-30-20(27)19-14-6-7-25(18(26)9-12-2-3-12)11-17(14)31-21(19)32(28,29)24-10-13-4-5-15(22)16(23)8-13/h4-5,8,12,24H,2-3,6-7,9-11H2,1H3. The van der Waals surface area contributed by atoms with Crippen LogP contribution < -0.4 is 4.72 Å². The van der Waals surface area contributed by atoms with E-state index >= 15 is 0 Å². The fraction of sp³-hybridized carbons (Fsp3) is 0.429. The van der Waals surface area contributed by atoms with Crippen LogP contribution in [0, 0.1) is 17.6 Å². The van der Waals surface area contributed by atoms with Crippen molar-refractivity contribution in [2.45, 2.75) is 43.0 Å². The normalized spacial score (nSPS) is 16.0. The molecule has 11 heteroatoms. The van der Waals surface area contributed by atoms with Crippen molar-refractivity contribution in [2.75, 3.05) is 13.7 Å². The average molecular weight is 485 g/mol. The second-order valence-electron chi connectivity index (χ2n) is 7.94. The highest BCUT2D eigenvalue weighted by atomic mass is 32.2. The van der Waals surface area contributed by atoms with Crippen LogP contribution >= 0.6 is 11.3 Å². The second-order valence-corrected chi connectivity index (χ2v) is 11.0. The number of esters is 1. The Morgan fingerprint density at radius 1 is 1.25 bits per heavy atom. The predicted molar refractivity (Wildman–Crippen MR) is 113 cm³/mol. The maximum absolute atomic E-state index is 13.4. The summed E-state index contributed by atoms with van der Waals surface area (Å²) in [5.41, 5.74) is 0.773. The van der Waals surface area contributed by atoms with Gasteiger partial charge in [0.15, 0.2) is 11.6 Å². The number of methoxy groups -OCH3 is 1. The van der Waals surface area contributed by atoms with Gasteiger partial charge in [-0.25, -0.2) is 26.7 Å². The van der Waals surface area contributed by atoms with Crippen LogP contribution in [0.5, 0.6) is 0 Å². The van der Waals surface area contributed by atoms with E-state index < -0.39 is 27.6 Å². The van der Waals surface area contributed by atoms with Crippen LogP contribution in [0.3, 0.4) is 0 Å². The van der Waals surface area contributed by atoms with Crippen molar-refractivity contribution in [1.82, 2.24) is 9.62 Å². The Kier molecular flexibility index (Phi) is 6.33. The number of amides is 1. The number of carbonyl (C=O) groups is 2. The highest BCUT2D eigenvalue weighted by Gasteiger charge is 2.36. The van der Waals surface area contributed by atoms with Crippen LogP contribution in [0.2, 0.25) is 0 Å². The van der Waals surface area contributed by atoms with E-state index in [0.717, 1.165) is 36.3 Å². The van der Waals surface area contributed by atoms with Gasteiger partial charge in [0.25, 0.3) is 10.0 Å². The number of ether oxygens (including phenoxy) is 1. The third-order valence-electron chi connectivity index (χ3n) is 5.62. The number of rotatable bonds is 7. The first kappa shape index (κ1) is 22.8. The van der Waals surface area contributed by atoms with E-state index in [1.54, 1.807) is 4.90 Å². The highest BCUT2D eigenvalue weighted by Crippen LogP contribution is 2.38. The van der Waals surface area contributed by atoms with E-state index in [4.69, 9.17) is 4.74 Å². The summed E-state index contributed by atoms with van der Waals surface area (Å²) < 4.78 is 59.6. The first-order chi connectivity index (χ1) is 15.2. The number of sulfonamides is 1. The Balaban J connectivity index is 1.59. The minimum Gasteiger partial charge on any atom is -0.465 e. The lowest BCUT2D eigenvalue weighted by atomic mass is 10.0. The summed E-state index contributed by atoms with van der Waals surface area (Å²) in [6, 6.07) is 3.09. The summed E-state index contributed by atoms with van der Waals surface area (Å²) in [6.45, 7) is 0.365. The fourth-order valence-corrected chi connectivity index (χ4v) is 6.64. The van der Waals surface area contributed by atoms with Gasteiger partial charge in [-0.15, -0.1) is 11.3 Å². The molecular weight excluding hydrogens is 462 g/mol. The van der Waals surface area contributed by atoms with E-state index in [2.05, 4.69) is 4.72 Å². The molecule has 1 aliphatic carbocycles. The summed E-state index contributed by atoms with van der Waals surface area (Å²) in [5, 5.41) is 0. The quantitative estimate of drug-likeness (QED) is 0.610. The molecule has 0 unspecified atom stereocenters. The molecule has 1 aliphatic heterocycles. The Morgan fingerprint density at radius 3 is 2.66 bits per heavy atom. The maximum Gasteiger partial charge on any atom is 0.340 e. The maximum atomic E-state index is 13.4. The van der Waals surface area contributed by atoms with Crippen molar-refractivity contribution in [3.63, 3.8) is 0 Å². The van der Waals surface area contributed by atoms with Gasteiger partial charge in [0.05, 0.1) is 19.2 Å². The van der Waals surface area contributed by atoms with Crippen LogP contribution in [0.4, 0.5) is 8.78 Å². The molecule has 0 saturated heterocycles. The first-order valence-corrected chi connectivity index (χ1v) is 12.4. The summed E-state index contributed by atoms with van der Waals surface area (Å²) >= 11 is 0.930. The number of nitrogens with zero attached hydrogens (tertiary/aromatic N) is 1. The Morgan fingerprint density at radius 2 is 2.00 bits per heavy atom. The van der Waals surface area contributed by atoms with Crippen LogP contribution in [0.1, 0.15) is 45.6 Å². The molecule has 4 rings (SSSR count). The minimum absolute atomic E-state index is 0.0282. The lowest BCUT2D eigenvalue weighted by Gasteiger charge is -2.27. The number of carbonyl (C=O) groups excluding carboxylic acids is 2. The Bertz CT molecular complexity index is 1180. The van der Waals surface area contributed by atoms with Gasteiger partial charge in [-0.1, -0.05) is 6.07 Å². The number of fused-ring (bicyclic) bond motifs is 1. The molecule has 2 aromatic rings. The van der Waals surface area contributed by atoms with E-state index in [1.165, 1.54) is 13.2 Å². The zero-order valence-corrected chi connectivity index (χ0v) is 19.0. The fourth-order valence-electron chi connectivity index (χ4n) is 3.68. The van der Waals surface area contributed by atoms with Crippen molar-refractivity contribution < 1.29 is 31.5 Å². The van der Waals surface area contributed by atoms with E-state index in [9.17, 15) is 26.8 Å². The van der Waals surface area contributed by atoms with Gasteiger partial charge in [-0.3, -0.25) is 4.79 Å². The van der Waals surface area contributed by atoms with Crippen molar-refractivity contribution in [2.24, 2.45) is 5.92 Å². The van der Waals surface area contributed by atoms with E-state index in [-0.39, 0.29) is 34.3 Å². The largest absolute Gasteiger partial charge is 0.465 e. The molecule has 1 amide bonds. The lowest BCUT2D eigenvalue weighted by molar-refractivity contribution is -0.132. The number of hydrogen-bond acceptors (Lipinski definition) is 6.